The van der Waals surface area contributed by atoms with Gasteiger partial charge in [-0.15, -0.1) is 0 Å². The van der Waals surface area contributed by atoms with Crippen molar-refractivity contribution in [2.24, 2.45) is 0 Å². The van der Waals surface area contributed by atoms with E-state index in [9.17, 15) is 14.4 Å². The first kappa shape index (κ1) is 23.4. The molecular formula is C29H24O7. The van der Waals surface area contributed by atoms with E-state index in [2.05, 4.69) is 0 Å². The summed E-state index contributed by atoms with van der Waals surface area (Å²) < 4.78 is 23.7. The molecule has 5 rings (SSSR count). The molecule has 0 N–H and O–H groups in total. The third-order valence-electron chi connectivity index (χ3n) is 5.99. The van der Waals surface area contributed by atoms with E-state index in [-0.39, 0.29) is 80.8 Å². The standard InChI is InChI=1S/C29H24O7/c1-4-15-34-26-21-22(25(31)19-14-10-9-13-18(19)24(21)30)27(36-17-11-7-6-8-12-17)28-23(26)20(16(3)35-28)29(32)33-5-2/h6-14H,4-5,15H2,1-3H3. The number of carbonyl (C=O) groups is 3. The van der Waals surface area contributed by atoms with Crippen LogP contribution in [0.1, 0.15) is 68.2 Å². The molecule has 7 heteroatoms. The number of esters is 1. The number of fused-ring (bicyclic) bond motifs is 3. The van der Waals surface area contributed by atoms with Gasteiger partial charge in [0.1, 0.15) is 22.8 Å². The smallest absolute Gasteiger partial charge is 0.342 e. The molecular weight excluding hydrogens is 460 g/mol. The number of aryl methyl sites for hydroxylation is 1. The Balaban J connectivity index is 1.92. The fourth-order valence-corrected chi connectivity index (χ4v) is 4.47. The summed E-state index contributed by atoms with van der Waals surface area (Å²) in [6.07, 6.45) is 0.642. The first-order chi connectivity index (χ1) is 17.5. The van der Waals surface area contributed by atoms with Crippen molar-refractivity contribution >= 4 is 28.5 Å². The molecule has 0 atom stereocenters. The van der Waals surface area contributed by atoms with E-state index < -0.39 is 5.97 Å². The molecule has 0 saturated heterocycles. The molecule has 0 bridgehead atoms. The lowest BCUT2D eigenvalue weighted by Gasteiger charge is -2.23. The van der Waals surface area contributed by atoms with Crippen molar-refractivity contribution in [3.8, 4) is 17.2 Å². The zero-order valence-electron chi connectivity index (χ0n) is 20.2. The number of furan rings is 1. The van der Waals surface area contributed by atoms with Crippen molar-refractivity contribution in [1.82, 2.24) is 0 Å². The third-order valence-corrected chi connectivity index (χ3v) is 5.99. The molecule has 0 spiro atoms. The van der Waals surface area contributed by atoms with Crippen LogP contribution in [0.4, 0.5) is 0 Å². The maximum atomic E-state index is 13.9. The first-order valence-corrected chi connectivity index (χ1v) is 11.8. The Hall–Kier alpha value is -4.39. The van der Waals surface area contributed by atoms with Gasteiger partial charge in [-0.2, -0.15) is 0 Å². The van der Waals surface area contributed by atoms with Crippen LogP contribution in [-0.4, -0.2) is 30.7 Å². The minimum Gasteiger partial charge on any atom is -0.492 e. The SMILES string of the molecule is CCCOc1c2c(c(Oc3ccccc3)c3oc(C)c(C(=O)OCC)c13)C(=O)c1ccccc1C2=O. The summed E-state index contributed by atoms with van der Waals surface area (Å²) in [4.78, 5) is 40.7. The Morgan fingerprint density at radius 2 is 1.47 bits per heavy atom. The minimum atomic E-state index is -0.615. The number of ether oxygens (including phenoxy) is 3. The van der Waals surface area contributed by atoms with Gasteiger partial charge in [-0.3, -0.25) is 9.59 Å². The Kier molecular flexibility index (Phi) is 6.06. The predicted octanol–water partition coefficient (Wildman–Crippen LogP) is 6.27. The van der Waals surface area contributed by atoms with Crippen LogP contribution in [0.3, 0.4) is 0 Å². The molecule has 1 aliphatic rings. The van der Waals surface area contributed by atoms with E-state index >= 15 is 0 Å². The second-order valence-corrected chi connectivity index (χ2v) is 8.33. The van der Waals surface area contributed by atoms with E-state index in [0.29, 0.717) is 12.2 Å². The largest absolute Gasteiger partial charge is 0.492 e. The molecule has 1 heterocycles. The fraction of sp³-hybridized carbons (Fsp3) is 0.207. The summed E-state index contributed by atoms with van der Waals surface area (Å²) in [5.41, 5.74) is 0.909. The zero-order chi connectivity index (χ0) is 25.4. The minimum absolute atomic E-state index is 0.0466. The van der Waals surface area contributed by atoms with Crippen molar-refractivity contribution in [3.63, 3.8) is 0 Å². The first-order valence-electron chi connectivity index (χ1n) is 11.8. The molecule has 1 aliphatic carbocycles. The van der Waals surface area contributed by atoms with Crippen molar-refractivity contribution < 1.29 is 33.0 Å². The van der Waals surface area contributed by atoms with Gasteiger partial charge < -0.3 is 18.6 Å². The third kappa shape index (κ3) is 3.64. The number of hydrogen-bond donors (Lipinski definition) is 0. The maximum Gasteiger partial charge on any atom is 0.342 e. The maximum absolute atomic E-state index is 13.9. The normalized spacial score (nSPS) is 12.3. The number of para-hydroxylation sites is 1. The number of benzene rings is 3. The highest BCUT2D eigenvalue weighted by Crippen LogP contribution is 2.49. The van der Waals surface area contributed by atoms with Gasteiger partial charge in [0.2, 0.25) is 0 Å². The van der Waals surface area contributed by atoms with Gasteiger partial charge in [0.15, 0.2) is 22.9 Å². The summed E-state index contributed by atoms with van der Waals surface area (Å²) in [6.45, 7) is 5.66. The summed E-state index contributed by atoms with van der Waals surface area (Å²) in [5, 5.41) is 0.254. The number of rotatable bonds is 7. The summed E-state index contributed by atoms with van der Waals surface area (Å²) in [6, 6.07) is 15.5. The van der Waals surface area contributed by atoms with Gasteiger partial charge in [0.25, 0.3) is 0 Å². The highest BCUT2D eigenvalue weighted by molar-refractivity contribution is 6.33. The lowest BCUT2D eigenvalue weighted by molar-refractivity contribution is 0.0526. The number of carbonyl (C=O) groups excluding carboxylic acids is 3. The Labute approximate surface area is 207 Å². The quantitative estimate of drug-likeness (QED) is 0.251. The van der Waals surface area contributed by atoms with Crippen molar-refractivity contribution in [3.05, 3.63) is 88.2 Å². The number of hydrogen-bond acceptors (Lipinski definition) is 7. The Morgan fingerprint density at radius 3 is 2.08 bits per heavy atom. The summed E-state index contributed by atoms with van der Waals surface area (Å²) in [7, 11) is 0. The van der Waals surface area contributed by atoms with Crippen LogP contribution >= 0.6 is 0 Å². The highest BCUT2D eigenvalue weighted by atomic mass is 16.5. The van der Waals surface area contributed by atoms with Crippen molar-refractivity contribution in [2.75, 3.05) is 13.2 Å². The van der Waals surface area contributed by atoms with E-state index in [1.165, 1.54) is 0 Å². The zero-order valence-corrected chi connectivity index (χ0v) is 20.2. The lowest BCUT2D eigenvalue weighted by atomic mass is 9.82. The monoisotopic (exact) mass is 484 g/mol. The van der Waals surface area contributed by atoms with Gasteiger partial charge in [-0.05, 0) is 32.4 Å². The second-order valence-electron chi connectivity index (χ2n) is 8.33. The van der Waals surface area contributed by atoms with Crippen molar-refractivity contribution in [2.45, 2.75) is 27.2 Å². The summed E-state index contributed by atoms with van der Waals surface area (Å²) in [5.74, 6) is -0.510. The van der Waals surface area contributed by atoms with Crippen LogP contribution in [0.2, 0.25) is 0 Å². The topological polar surface area (TPSA) is 92.0 Å². The van der Waals surface area contributed by atoms with Gasteiger partial charge >= 0.3 is 5.97 Å². The van der Waals surface area contributed by atoms with Crippen molar-refractivity contribution in [1.29, 1.82) is 0 Å². The molecule has 182 valence electrons. The predicted molar refractivity (Wildman–Crippen MR) is 133 cm³/mol. The molecule has 0 saturated carbocycles. The molecule has 3 aromatic carbocycles. The summed E-state index contributed by atoms with van der Waals surface area (Å²) >= 11 is 0. The molecule has 1 aromatic heterocycles. The van der Waals surface area contributed by atoms with Gasteiger partial charge in [-0.1, -0.05) is 49.4 Å². The van der Waals surface area contributed by atoms with Gasteiger partial charge in [0.05, 0.1) is 29.7 Å². The number of ketones is 2. The van der Waals surface area contributed by atoms with Gasteiger partial charge in [0, 0.05) is 11.1 Å². The molecule has 0 unspecified atom stereocenters. The lowest BCUT2D eigenvalue weighted by Crippen LogP contribution is -2.23. The average molecular weight is 485 g/mol. The Morgan fingerprint density at radius 1 is 0.861 bits per heavy atom. The van der Waals surface area contributed by atoms with Crippen LogP contribution in [0, 0.1) is 6.92 Å². The molecule has 0 aliphatic heterocycles. The molecule has 36 heavy (non-hydrogen) atoms. The van der Waals surface area contributed by atoms with E-state index in [4.69, 9.17) is 18.6 Å². The Bertz CT molecular complexity index is 1510. The van der Waals surface area contributed by atoms with Gasteiger partial charge in [-0.25, -0.2) is 4.79 Å². The second kappa shape index (κ2) is 9.34. The fourth-order valence-electron chi connectivity index (χ4n) is 4.47. The van der Waals surface area contributed by atoms with E-state index in [0.717, 1.165) is 0 Å². The van der Waals surface area contributed by atoms with E-state index in [1.54, 1.807) is 62.4 Å². The molecule has 7 nitrogen and oxygen atoms in total. The molecule has 0 amide bonds. The van der Waals surface area contributed by atoms with Crippen LogP contribution in [-0.2, 0) is 4.74 Å². The molecule has 4 aromatic rings. The molecule has 0 fully saturated rings. The highest BCUT2D eigenvalue weighted by Gasteiger charge is 2.40. The molecule has 0 radical (unpaired) electrons. The van der Waals surface area contributed by atoms with Crippen LogP contribution in [0.15, 0.2) is 59.0 Å². The van der Waals surface area contributed by atoms with E-state index in [1.807, 2.05) is 13.0 Å². The van der Waals surface area contributed by atoms with Crippen LogP contribution in [0.25, 0.3) is 11.0 Å². The van der Waals surface area contributed by atoms with Crippen LogP contribution in [0.5, 0.6) is 17.2 Å². The average Bonchev–Trinajstić information content (AvgIpc) is 3.24. The van der Waals surface area contributed by atoms with Crippen LogP contribution < -0.4 is 9.47 Å².